The van der Waals surface area contributed by atoms with Gasteiger partial charge in [0.15, 0.2) is 5.82 Å². The van der Waals surface area contributed by atoms with Crippen molar-refractivity contribution in [3.05, 3.63) is 59.8 Å². The number of likely N-dealkylation sites (tertiary alicyclic amines) is 1. The molecule has 0 unspecified atom stereocenters. The van der Waals surface area contributed by atoms with Crippen LogP contribution in [0.2, 0.25) is 0 Å². The zero-order chi connectivity index (χ0) is 25.3. The highest BCUT2D eigenvalue weighted by molar-refractivity contribution is 5.83. The summed E-state index contributed by atoms with van der Waals surface area (Å²) in [4.78, 5) is 2.43. The lowest BCUT2D eigenvalue weighted by molar-refractivity contribution is -0.137. The van der Waals surface area contributed by atoms with Crippen molar-refractivity contribution in [2.75, 3.05) is 18.4 Å². The van der Waals surface area contributed by atoms with Gasteiger partial charge in [-0.1, -0.05) is 6.07 Å². The maximum atomic E-state index is 14.1. The van der Waals surface area contributed by atoms with Crippen LogP contribution in [-0.2, 0) is 19.8 Å². The molecule has 2 aliphatic rings. The zero-order valence-corrected chi connectivity index (χ0v) is 20.2. The Kier molecular flexibility index (Phi) is 4.98. The van der Waals surface area contributed by atoms with Crippen LogP contribution in [0.15, 0.2) is 53.1 Å². The average molecular weight is 507 g/mol. The number of benzene rings is 2. The molecule has 37 heavy (non-hydrogen) atoms. The number of hydrogen-bond donors (Lipinski definition) is 1. The lowest BCUT2D eigenvalue weighted by Gasteiger charge is -2.21. The Morgan fingerprint density at radius 3 is 2.54 bits per heavy atom. The van der Waals surface area contributed by atoms with Crippen molar-refractivity contribution in [1.29, 1.82) is 0 Å². The summed E-state index contributed by atoms with van der Waals surface area (Å²) in [7, 11) is 1.80. The number of nitrogens with one attached hydrogen (secondary N) is 1. The Bertz CT molecular complexity index is 1580. The van der Waals surface area contributed by atoms with Gasteiger partial charge in [0.05, 0.1) is 11.2 Å². The summed E-state index contributed by atoms with van der Waals surface area (Å²) in [5.41, 5.74) is 3.80. The van der Waals surface area contributed by atoms with E-state index in [1.165, 1.54) is 5.56 Å². The number of aromatic nitrogens is 4. The highest BCUT2D eigenvalue weighted by Gasteiger charge is 2.42. The maximum absolute atomic E-state index is 14.1. The van der Waals surface area contributed by atoms with E-state index in [-0.39, 0.29) is 17.6 Å². The van der Waals surface area contributed by atoms with Crippen LogP contribution in [0.25, 0.3) is 33.3 Å². The van der Waals surface area contributed by atoms with Gasteiger partial charge in [-0.15, -0.1) is 10.2 Å². The van der Waals surface area contributed by atoms with Crippen molar-refractivity contribution in [3.8, 4) is 11.3 Å². The van der Waals surface area contributed by atoms with Crippen molar-refractivity contribution >= 4 is 27.9 Å². The second-order valence-electron chi connectivity index (χ2n) is 10.5. The van der Waals surface area contributed by atoms with E-state index in [2.05, 4.69) is 31.6 Å². The molecule has 7 rings (SSSR count). The average Bonchev–Trinajstić information content (AvgIpc) is 3.65. The number of rotatable bonds is 5. The molecule has 1 aliphatic carbocycles. The molecule has 5 heterocycles. The second-order valence-corrected chi connectivity index (χ2v) is 10.5. The number of aryl methyl sites for hydroxylation is 1. The number of hydrogen-bond acceptors (Lipinski definition) is 6. The quantitative estimate of drug-likeness (QED) is 0.337. The van der Waals surface area contributed by atoms with Gasteiger partial charge >= 0.3 is 6.18 Å². The molecular formula is C27H25F3N6O. The molecule has 1 N–H and O–H groups in total. The van der Waals surface area contributed by atoms with Gasteiger partial charge in [-0.25, -0.2) is 0 Å². The summed E-state index contributed by atoms with van der Waals surface area (Å²) in [6.45, 7) is 2.74. The van der Waals surface area contributed by atoms with Gasteiger partial charge in [0.2, 0.25) is 0 Å². The molecule has 2 fully saturated rings. The first kappa shape index (κ1) is 22.5. The van der Waals surface area contributed by atoms with Gasteiger partial charge in [-0.05, 0) is 61.1 Å². The Balaban J connectivity index is 1.06. The first-order valence-electron chi connectivity index (χ1n) is 12.5. The van der Waals surface area contributed by atoms with Crippen LogP contribution in [0.5, 0.6) is 0 Å². The van der Waals surface area contributed by atoms with Crippen LogP contribution in [0, 0.1) is 11.8 Å². The predicted octanol–water partition coefficient (Wildman–Crippen LogP) is 5.56. The third-order valence-electron chi connectivity index (χ3n) is 7.84. The molecule has 5 aromatic rings. The topological polar surface area (TPSA) is 72.0 Å². The summed E-state index contributed by atoms with van der Waals surface area (Å²) in [5, 5.41) is 16.4. The molecule has 1 aromatic carbocycles. The number of furan rings is 2. The fourth-order valence-corrected chi connectivity index (χ4v) is 6.21. The fraction of sp³-hybridized carbons (Fsp3) is 0.370. The Morgan fingerprint density at radius 1 is 1.03 bits per heavy atom. The van der Waals surface area contributed by atoms with Gasteiger partial charge in [0.1, 0.15) is 16.7 Å². The molecule has 190 valence electrons. The van der Waals surface area contributed by atoms with Crippen molar-refractivity contribution in [2.24, 2.45) is 18.9 Å². The number of nitrogens with zero attached hydrogens (tertiary/aromatic N) is 5. The van der Waals surface area contributed by atoms with Gasteiger partial charge in [-0.2, -0.15) is 18.3 Å². The molecule has 0 spiro atoms. The minimum absolute atomic E-state index is 0.0527. The summed E-state index contributed by atoms with van der Waals surface area (Å²) >= 11 is 0. The maximum Gasteiger partial charge on any atom is 0.420 e. The van der Waals surface area contributed by atoms with Gasteiger partial charge in [0.25, 0.3) is 0 Å². The SMILES string of the molecule is Cn1cc2cc(-c3cc(C(F)(F)F)c(N[C@H]4C[C@@H]5CN(Cc6cc7ccc6o7)C[C@@H]5C4)nn3)ccc2n1. The lowest BCUT2D eigenvalue weighted by atomic mass is 10.0. The first-order chi connectivity index (χ1) is 17.8. The number of halogens is 3. The van der Waals surface area contributed by atoms with Crippen LogP contribution in [0.4, 0.5) is 19.0 Å². The zero-order valence-electron chi connectivity index (χ0n) is 20.2. The molecule has 2 bridgehead atoms. The third kappa shape index (κ3) is 4.09. The van der Waals surface area contributed by atoms with Crippen molar-refractivity contribution in [2.45, 2.75) is 31.6 Å². The fourth-order valence-electron chi connectivity index (χ4n) is 6.21. The summed E-state index contributed by atoms with van der Waals surface area (Å²) in [6.07, 6.45) is -1.08. The van der Waals surface area contributed by atoms with E-state index < -0.39 is 11.7 Å². The first-order valence-corrected chi connectivity index (χ1v) is 12.5. The number of anilines is 1. The lowest BCUT2D eigenvalue weighted by Crippen LogP contribution is -2.26. The van der Waals surface area contributed by atoms with Crippen LogP contribution in [0.1, 0.15) is 24.0 Å². The molecule has 0 amide bonds. The molecule has 7 nitrogen and oxygen atoms in total. The monoisotopic (exact) mass is 506 g/mol. The molecule has 4 aromatic heterocycles. The molecule has 1 saturated heterocycles. The van der Waals surface area contributed by atoms with Crippen LogP contribution < -0.4 is 5.32 Å². The van der Waals surface area contributed by atoms with Gasteiger partial charge in [-0.3, -0.25) is 9.58 Å². The predicted molar refractivity (Wildman–Crippen MR) is 133 cm³/mol. The highest BCUT2D eigenvalue weighted by atomic mass is 19.4. The number of alkyl halides is 3. The van der Waals surface area contributed by atoms with E-state index in [4.69, 9.17) is 4.42 Å². The summed E-state index contributed by atoms with van der Waals surface area (Å²) < 4.78 is 49.5. The van der Waals surface area contributed by atoms with E-state index in [1.54, 1.807) is 29.9 Å². The van der Waals surface area contributed by atoms with E-state index in [0.29, 0.717) is 17.4 Å². The standard InChI is InChI=1S/C27H25F3N6O/c1-35-11-18-6-15(2-4-23(18)34-35)24-10-22(27(28,29)30)26(33-32-24)31-20-7-16-12-36(13-17(16)8-20)14-19-9-21-3-5-25(19)37-21/h2-6,9-11,16-17,20H,7-8,12-14H2,1H3,(H,31,33)/t16-,17+,20+. The normalized spacial score (nSPS) is 22.4. The molecule has 3 atom stereocenters. The molecule has 1 saturated carbocycles. The van der Waals surface area contributed by atoms with Crippen LogP contribution in [-0.4, -0.2) is 44.0 Å². The van der Waals surface area contributed by atoms with Crippen LogP contribution in [0.3, 0.4) is 0 Å². The molecule has 1 aliphatic heterocycles. The summed E-state index contributed by atoms with van der Waals surface area (Å²) in [5.74, 6) is 0.724. The van der Waals surface area contributed by atoms with E-state index in [9.17, 15) is 13.2 Å². The Labute approximate surface area is 210 Å². The van der Waals surface area contributed by atoms with Crippen molar-refractivity contribution in [3.63, 3.8) is 0 Å². The van der Waals surface area contributed by atoms with Gasteiger partial charge < -0.3 is 9.73 Å². The number of fused-ring (bicyclic) bond motifs is 4. The minimum Gasteiger partial charge on any atom is -0.457 e. The van der Waals surface area contributed by atoms with E-state index in [0.717, 1.165) is 60.6 Å². The Morgan fingerprint density at radius 2 is 1.84 bits per heavy atom. The highest BCUT2D eigenvalue weighted by Crippen LogP contribution is 2.42. The van der Waals surface area contributed by atoms with Crippen LogP contribution >= 0.6 is 0 Å². The smallest absolute Gasteiger partial charge is 0.420 e. The molecule has 10 heteroatoms. The largest absolute Gasteiger partial charge is 0.457 e. The third-order valence-corrected chi connectivity index (χ3v) is 7.84. The van der Waals surface area contributed by atoms with E-state index >= 15 is 0 Å². The molecular weight excluding hydrogens is 481 g/mol. The summed E-state index contributed by atoms with van der Waals surface area (Å²) in [6, 6.07) is 12.4. The van der Waals surface area contributed by atoms with Crippen molar-refractivity contribution in [1.82, 2.24) is 24.9 Å². The van der Waals surface area contributed by atoms with Crippen molar-refractivity contribution < 1.29 is 17.6 Å². The second kappa shape index (κ2) is 8.17. The van der Waals surface area contributed by atoms with Gasteiger partial charge in [0, 0.05) is 55.4 Å². The molecule has 0 radical (unpaired) electrons. The minimum atomic E-state index is -4.54. The Hall–Kier alpha value is -3.66. The van der Waals surface area contributed by atoms with E-state index in [1.807, 2.05) is 18.3 Å².